The van der Waals surface area contributed by atoms with Crippen LogP contribution in [0.15, 0.2) is 16.6 Å². The van der Waals surface area contributed by atoms with Gasteiger partial charge in [-0.05, 0) is 35.8 Å². The third-order valence-electron chi connectivity index (χ3n) is 3.81. The maximum absolute atomic E-state index is 14.4. The molecular formula is C14H20BrClFN3O. The van der Waals surface area contributed by atoms with Gasteiger partial charge in [0.15, 0.2) is 0 Å². The van der Waals surface area contributed by atoms with Crippen LogP contribution >= 0.6 is 27.5 Å². The first-order valence-electron chi connectivity index (χ1n) is 6.90. The second-order valence-corrected chi connectivity index (χ2v) is 6.64. The largest absolute Gasteiger partial charge is 0.374 e. The SMILES string of the molecule is CC(C)N1CCOC(C(NN)c2ccc(Br)c(Cl)c2F)C1. The van der Waals surface area contributed by atoms with E-state index in [2.05, 4.69) is 40.1 Å². The van der Waals surface area contributed by atoms with Gasteiger partial charge < -0.3 is 4.74 Å². The molecule has 0 aromatic heterocycles. The van der Waals surface area contributed by atoms with Gasteiger partial charge in [0.25, 0.3) is 0 Å². The number of nitrogens with zero attached hydrogens (tertiary/aromatic N) is 1. The van der Waals surface area contributed by atoms with Gasteiger partial charge >= 0.3 is 0 Å². The molecule has 1 aliphatic rings. The monoisotopic (exact) mass is 379 g/mol. The number of benzene rings is 1. The smallest absolute Gasteiger partial charge is 0.147 e. The molecule has 2 rings (SSSR count). The number of nitrogens with two attached hydrogens (primary N) is 1. The zero-order valence-corrected chi connectivity index (χ0v) is 14.4. The molecule has 0 spiro atoms. The van der Waals surface area contributed by atoms with Crippen LogP contribution in [0.5, 0.6) is 0 Å². The molecule has 1 fully saturated rings. The highest BCUT2D eigenvalue weighted by atomic mass is 79.9. The summed E-state index contributed by atoms with van der Waals surface area (Å²) in [5.74, 6) is 5.17. The van der Waals surface area contributed by atoms with E-state index in [0.717, 1.165) is 6.54 Å². The predicted molar refractivity (Wildman–Crippen MR) is 85.6 cm³/mol. The van der Waals surface area contributed by atoms with Crippen molar-refractivity contribution in [1.29, 1.82) is 0 Å². The Morgan fingerprint density at radius 2 is 2.24 bits per heavy atom. The molecule has 1 heterocycles. The highest BCUT2D eigenvalue weighted by Crippen LogP contribution is 2.32. The molecule has 2 atom stereocenters. The van der Waals surface area contributed by atoms with Crippen LogP contribution in [0.1, 0.15) is 25.5 Å². The van der Waals surface area contributed by atoms with Crippen LogP contribution in [-0.2, 0) is 4.74 Å². The molecular weight excluding hydrogens is 361 g/mol. The summed E-state index contributed by atoms with van der Waals surface area (Å²) in [6, 6.07) is 3.35. The van der Waals surface area contributed by atoms with Gasteiger partial charge in [0.1, 0.15) is 5.82 Å². The Hall–Kier alpha value is -0.240. The molecule has 0 radical (unpaired) electrons. The molecule has 7 heteroatoms. The lowest BCUT2D eigenvalue weighted by Crippen LogP contribution is -2.51. The van der Waals surface area contributed by atoms with Crippen LogP contribution in [0.3, 0.4) is 0 Å². The van der Waals surface area contributed by atoms with Crippen molar-refractivity contribution in [3.8, 4) is 0 Å². The fourth-order valence-corrected chi connectivity index (χ4v) is 3.02. The number of hydrogen-bond acceptors (Lipinski definition) is 4. The first-order valence-corrected chi connectivity index (χ1v) is 8.08. The Balaban J connectivity index is 2.25. The lowest BCUT2D eigenvalue weighted by atomic mass is 9.99. The highest BCUT2D eigenvalue weighted by molar-refractivity contribution is 9.10. The number of nitrogens with one attached hydrogen (secondary N) is 1. The molecule has 0 saturated carbocycles. The summed E-state index contributed by atoms with van der Waals surface area (Å²) in [4.78, 5) is 2.29. The van der Waals surface area contributed by atoms with Crippen molar-refractivity contribution in [3.05, 3.63) is 33.0 Å². The van der Waals surface area contributed by atoms with Crippen LogP contribution in [-0.4, -0.2) is 36.7 Å². The molecule has 21 heavy (non-hydrogen) atoms. The van der Waals surface area contributed by atoms with Crippen molar-refractivity contribution < 1.29 is 9.13 Å². The van der Waals surface area contributed by atoms with Crippen LogP contribution in [0.25, 0.3) is 0 Å². The maximum atomic E-state index is 14.4. The molecule has 1 aliphatic heterocycles. The first kappa shape index (κ1) is 17.1. The minimum Gasteiger partial charge on any atom is -0.374 e. The van der Waals surface area contributed by atoms with E-state index in [4.69, 9.17) is 22.2 Å². The summed E-state index contributed by atoms with van der Waals surface area (Å²) in [6.07, 6.45) is -0.224. The Kier molecular flexibility index (Phi) is 5.99. The third-order valence-corrected chi connectivity index (χ3v) is 5.07. The fourth-order valence-electron chi connectivity index (χ4n) is 2.55. The molecule has 2 unspecified atom stereocenters. The van der Waals surface area contributed by atoms with Crippen molar-refractivity contribution in [2.24, 2.45) is 5.84 Å². The Morgan fingerprint density at radius 3 is 2.86 bits per heavy atom. The molecule has 118 valence electrons. The molecule has 0 bridgehead atoms. The number of halogens is 3. The molecule has 1 saturated heterocycles. The van der Waals surface area contributed by atoms with E-state index < -0.39 is 11.9 Å². The molecule has 4 nitrogen and oxygen atoms in total. The zero-order valence-electron chi connectivity index (χ0n) is 12.1. The molecule has 1 aromatic carbocycles. The van der Waals surface area contributed by atoms with Crippen molar-refractivity contribution >= 4 is 27.5 Å². The summed E-state index contributed by atoms with van der Waals surface area (Å²) in [5, 5.41) is 0.0595. The minimum atomic E-state index is -0.473. The lowest BCUT2D eigenvalue weighted by molar-refractivity contribution is -0.0566. The van der Waals surface area contributed by atoms with E-state index >= 15 is 0 Å². The predicted octanol–water partition coefficient (Wildman–Crippen LogP) is 2.86. The van der Waals surface area contributed by atoms with Crippen molar-refractivity contribution in [1.82, 2.24) is 10.3 Å². The van der Waals surface area contributed by atoms with Gasteiger partial charge in [0.2, 0.25) is 0 Å². The average Bonchev–Trinajstić information content (AvgIpc) is 2.48. The summed E-state index contributed by atoms with van der Waals surface area (Å²) in [5.41, 5.74) is 3.09. The van der Waals surface area contributed by atoms with Gasteiger partial charge in [0, 0.05) is 29.2 Å². The van der Waals surface area contributed by atoms with E-state index in [0.29, 0.717) is 29.2 Å². The van der Waals surface area contributed by atoms with E-state index in [1.54, 1.807) is 12.1 Å². The fraction of sp³-hybridized carbons (Fsp3) is 0.571. The van der Waals surface area contributed by atoms with Gasteiger partial charge in [-0.3, -0.25) is 16.2 Å². The second kappa shape index (κ2) is 7.35. The van der Waals surface area contributed by atoms with Crippen LogP contribution in [0.2, 0.25) is 5.02 Å². The van der Waals surface area contributed by atoms with Gasteiger partial charge in [-0.2, -0.15) is 0 Å². The minimum absolute atomic E-state index is 0.0595. The quantitative estimate of drug-likeness (QED) is 0.479. The normalized spacial score (nSPS) is 21.8. The second-order valence-electron chi connectivity index (χ2n) is 5.41. The van der Waals surface area contributed by atoms with E-state index in [1.807, 2.05) is 0 Å². The number of ether oxygens (including phenoxy) is 1. The number of rotatable bonds is 4. The van der Waals surface area contributed by atoms with Gasteiger partial charge in [-0.25, -0.2) is 4.39 Å². The maximum Gasteiger partial charge on any atom is 0.147 e. The Labute approximate surface area is 137 Å². The Morgan fingerprint density at radius 1 is 1.52 bits per heavy atom. The van der Waals surface area contributed by atoms with E-state index in [-0.39, 0.29) is 11.1 Å². The van der Waals surface area contributed by atoms with E-state index in [9.17, 15) is 4.39 Å². The summed E-state index contributed by atoms with van der Waals surface area (Å²) < 4.78 is 20.7. The Bertz CT molecular complexity index is 503. The standard InChI is InChI=1S/C14H20BrClFN3O/c1-8(2)20-5-6-21-11(7-20)14(19-18)9-3-4-10(15)12(16)13(9)17/h3-4,8,11,14,19H,5-7,18H2,1-2H3. The molecule has 1 aromatic rings. The van der Waals surface area contributed by atoms with Crippen LogP contribution < -0.4 is 11.3 Å². The van der Waals surface area contributed by atoms with Gasteiger partial charge in [-0.1, -0.05) is 17.7 Å². The van der Waals surface area contributed by atoms with Crippen molar-refractivity contribution in [2.45, 2.75) is 32.0 Å². The summed E-state index contributed by atoms with van der Waals surface area (Å²) in [6.45, 7) is 6.43. The molecule has 0 aliphatic carbocycles. The lowest BCUT2D eigenvalue weighted by Gasteiger charge is -2.39. The number of hydrogen-bond donors (Lipinski definition) is 2. The zero-order chi connectivity index (χ0) is 15.6. The van der Waals surface area contributed by atoms with Crippen LogP contribution in [0, 0.1) is 5.82 Å². The van der Waals surface area contributed by atoms with E-state index in [1.165, 1.54) is 0 Å². The van der Waals surface area contributed by atoms with Crippen LogP contribution in [0.4, 0.5) is 4.39 Å². The first-order chi connectivity index (χ1) is 9.95. The number of hydrazine groups is 1. The average molecular weight is 381 g/mol. The summed E-state index contributed by atoms with van der Waals surface area (Å²) in [7, 11) is 0. The van der Waals surface area contributed by atoms with Gasteiger partial charge in [-0.15, -0.1) is 0 Å². The molecule has 0 amide bonds. The molecule has 3 N–H and O–H groups in total. The van der Waals surface area contributed by atoms with Gasteiger partial charge in [0.05, 0.1) is 23.8 Å². The topological polar surface area (TPSA) is 50.5 Å². The van der Waals surface area contributed by atoms with Crippen molar-refractivity contribution in [2.75, 3.05) is 19.7 Å². The van der Waals surface area contributed by atoms with Crippen molar-refractivity contribution in [3.63, 3.8) is 0 Å². The highest BCUT2D eigenvalue weighted by Gasteiger charge is 2.31. The summed E-state index contributed by atoms with van der Waals surface area (Å²) >= 11 is 9.17. The number of morpholine rings is 1. The third kappa shape index (κ3) is 3.75.